The van der Waals surface area contributed by atoms with Gasteiger partial charge in [0.2, 0.25) is 0 Å². The first-order valence-corrected chi connectivity index (χ1v) is 10.3. The first kappa shape index (κ1) is 19.1. The van der Waals surface area contributed by atoms with Crippen LogP contribution in [0.2, 0.25) is 0 Å². The lowest BCUT2D eigenvalue weighted by atomic mass is 10.3. The third-order valence-electron chi connectivity index (χ3n) is 3.67. The third-order valence-corrected chi connectivity index (χ3v) is 7.61. The Kier molecular flexibility index (Phi) is 5.35. The third kappa shape index (κ3) is 4.04. The summed E-state index contributed by atoms with van der Waals surface area (Å²) in [5.74, 6) is 1.62. The van der Waals surface area contributed by atoms with E-state index in [0.29, 0.717) is 22.1 Å². The van der Waals surface area contributed by atoms with E-state index in [9.17, 15) is 18.5 Å². The highest BCUT2D eigenvalue weighted by Gasteiger charge is 2.31. The molecule has 1 heterocycles. The zero-order valence-corrected chi connectivity index (χ0v) is 16.0. The Morgan fingerprint density at radius 2 is 1.74 bits per heavy atom. The Hall–Kier alpha value is -2.63. The fraction of sp³-hybridized carbons (Fsp3) is 0.188. The van der Waals surface area contributed by atoms with E-state index >= 15 is 0 Å². The van der Waals surface area contributed by atoms with Crippen LogP contribution in [0.3, 0.4) is 0 Å². The van der Waals surface area contributed by atoms with Gasteiger partial charge in [-0.05, 0) is 11.4 Å². The molecule has 144 valence electrons. The lowest BCUT2D eigenvalue weighted by Crippen LogP contribution is -2.12. The van der Waals surface area contributed by atoms with Crippen molar-refractivity contribution in [3.05, 3.63) is 46.5 Å². The molecule has 3 rings (SSSR count). The number of hydrogen-bond donors (Lipinski definition) is 1. The number of fused-ring (bicyclic) bond motifs is 1. The molecule has 0 radical (unpaired) electrons. The van der Waals surface area contributed by atoms with Gasteiger partial charge in [0.05, 0.1) is 19.1 Å². The van der Waals surface area contributed by atoms with Crippen LogP contribution in [-0.4, -0.2) is 39.5 Å². The van der Waals surface area contributed by atoms with Crippen LogP contribution in [0.15, 0.2) is 46.2 Å². The summed E-state index contributed by atoms with van der Waals surface area (Å²) in [5, 5.41) is 12.5. The lowest BCUT2D eigenvalue weighted by molar-refractivity contribution is -0.385. The molecule has 0 aliphatic carbocycles. The molecule has 1 aliphatic rings. The van der Waals surface area contributed by atoms with Gasteiger partial charge in [-0.2, -0.15) is 4.13 Å². The predicted octanol–water partition coefficient (Wildman–Crippen LogP) is 2.33. The van der Waals surface area contributed by atoms with Gasteiger partial charge in [-0.15, -0.1) is 0 Å². The number of methoxy groups -OCH3 is 2. The van der Waals surface area contributed by atoms with E-state index in [-0.39, 0.29) is 17.2 Å². The Morgan fingerprint density at radius 1 is 1.11 bits per heavy atom. The second-order valence-electron chi connectivity index (χ2n) is 5.34. The fourth-order valence-corrected chi connectivity index (χ4v) is 6.41. The highest BCUT2D eigenvalue weighted by atomic mass is 32.3. The quantitative estimate of drug-likeness (QED) is 0.440. The highest BCUT2D eigenvalue weighted by Crippen LogP contribution is 2.39. The molecule has 0 amide bonds. The number of sulfonamides is 1. The topological polar surface area (TPSA) is 117 Å². The van der Waals surface area contributed by atoms with Crippen molar-refractivity contribution in [3.63, 3.8) is 0 Å². The van der Waals surface area contributed by atoms with Crippen LogP contribution in [-0.2, 0) is 10.0 Å². The zero-order chi connectivity index (χ0) is 19.6. The minimum atomic E-state index is -3.80. The standard InChI is InChI=1S/C16H16N2O7S2/c1-23-12-8-13(24-2)10-14(9-12)25-5-6-26-15-4-3-11(18(19)20)7-16(15)27(21,22)17-26/h3-4,6-10,17H,5H2,1-2H3. The van der Waals surface area contributed by atoms with E-state index in [4.69, 9.17) is 14.2 Å². The molecule has 1 N–H and O–H groups in total. The number of nitro groups is 1. The van der Waals surface area contributed by atoms with Gasteiger partial charge in [-0.3, -0.25) is 10.1 Å². The van der Waals surface area contributed by atoms with E-state index < -0.39 is 25.6 Å². The monoisotopic (exact) mass is 412 g/mol. The summed E-state index contributed by atoms with van der Waals surface area (Å²) >= 11 is 0. The van der Waals surface area contributed by atoms with Crippen molar-refractivity contribution in [1.29, 1.82) is 0 Å². The smallest absolute Gasteiger partial charge is 0.270 e. The number of ether oxygens (including phenoxy) is 3. The van der Waals surface area contributed by atoms with E-state index in [1.807, 2.05) is 0 Å². The number of rotatable bonds is 6. The second kappa shape index (κ2) is 7.55. The summed E-state index contributed by atoms with van der Waals surface area (Å²) in [6.45, 7) is 0.110. The summed E-state index contributed by atoms with van der Waals surface area (Å²) < 4.78 is 42.9. The van der Waals surface area contributed by atoms with Crippen molar-refractivity contribution in [3.8, 4) is 17.2 Å². The minimum Gasteiger partial charge on any atom is -0.496 e. The summed E-state index contributed by atoms with van der Waals surface area (Å²) in [5.41, 5.74) is -0.274. The molecule has 0 saturated heterocycles. The first-order valence-electron chi connectivity index (χ1n) is 7.57. The molecule has 2 aromatic carbocycles. The summed E-state index contributed by atoms with van der Waals surface area (Å²) in [6, 6.07) is 8.84. The van der Waals surface area contributed by atoms with Gasteiger partial charge in [0, 0.05) is 35.2 Å². The van der Waals surface area contributed by atoms with E-state index in [2.05, 4.69) is 4.13 Å². The molecule has 0 saturated carbocycles. The Bertz CT molecular complexity index is 1010. The molecular weight excluding hydrogens is 396 g/mol. The summed E-state index contributed by atoms with van der Waals surface area (Å²) in [4.78, 5) is 10.6. The van der Waals surface area contributed by atoms with Gasteiger partial charge in [0.15, 0.2) is 0 Å². The number of benzene rings is 2. The number of non-ortho nitro benzene ring substituents is 1. The molecule has 0 spiro atoms. The van der Waals surface area contributed by atoms with Crippen molar-refractivity contribution >= 4 is 31.7 Å². The van der Waals surface area contributed by atoms with Crippen LogP contribution in [0.4, 0.5) is 5.69 Å². The van der Waals surface area contributed by atoms with E-state index in [1.54, 1.807) is 23.6 Å². The fourth-order valence-electron chi connectivity index (χ4n) is 2.40. The summed E-state index contributed by atoms with van der Waals surface area (Å²) in [6.07, 6.45) is 0. The van der Waals surface area contributed by atoms with Crippen molar-refractivity contribution in [2.45, 2.75) is 9.79 Å². The van der Waals surface area contributed by atoms with Crippen molar-refractivity contribution in [1.82, 2.24) is 4.13 Å². The summed E-state index contributed by atoms with van der Waals surface area (Å²) in [7, 11) is -1.70. The normalized spacial score (nSPS) is 17.3. The highest BCUT2D eigenvalue weighted by molar-refractivity contribution is 8.22. The molecule has 1 aliphatic heterocycles. The molecule has 2 aromatic rings. The van der Waals surface area contributed by atoms with Crippen LogP contribution < -0.4 is 18.3 Å². The number of nitrogens with zero attached hydrogens (tertiary/aromatic N) is 1. The van der Waals surface area contributed by atoms with Gasteiger partial charge in [0.25, 0.3) is 15.7 Å². The van der Waals surface area contributed by atoms with Gasteiger partial charge < -0.3 is 14.2 Å². The van der Waals surface area contributed by atoms with E-state index in [1.165, 1.54) is 26.4 Å². The number of hydrogen-bond acceptors (Lipinski definition) is 7. The zero-order valence-electron chi connectivity index (χ0n) is 14.4. The maximum absolute atomic E-state index is 12.2. The second-order valence-corrected chi connectivity index (χ2v) is 8.90. The van der Waals surface area contributed by atoms with Crippen molar-refractivity contribution in [2.24, 2.45) is 0 Å². The van der Waals surface area contributed by atoms with Crippen LogP contribution >= 0.6 is 10.7 Å². The van der Waals surface area contributed by atoms with Gasteiger partial charge in [0.1, 0.15) is 28.8 Å². The van der Waals surface area contributed by atoms with Crippen molar-refractivity contribution < 1.29 is 27.6 Å². The van der Waals surface area contributed by atoms with Gasteiger partial charge >= 0.3 is 0 Å². The van der Waals surface area contributed by atoms with Crippen LogP contribution in [0.1, 0.15) is 0 Å². The maximum Gasteiger partial charge on any atom is 0.270 e. The number of nitrogens with one attached hydrogen (secondary N) is 1. The lowest BCUT2D eigenvalue weighted by Gasteiger charge is -2.09. The average Bonchev–Trinajstić information content (AvgIpc) is 2.91. The molecule has 0 fully saturated rings. The molecule has 0 aromatic heterocycles. The molecule has 0 bridgehead atoms. The van der Waals surface area contributed by atoms with Gasteiger partial charge in [-0.25, -0.2) is 8.42 Å². The molecule has 1 atom stereocenters. The van der Waals surface area contributed by atoms with Gasteiger partial charge in [-0.1, -0.05) is 10.7 Å². The Balaban J connectivity index is 1.83. The van der Waals surface area contributed by atoms with E-state index in [0.717, 1.165) is 6.07 Å². The van der Waals surface area contributed by atoms with Crippen LogP contribution in [0.25, 0.3) is 0 Å². The SMILES string of the molecule is COc1cc(OC)cc(OC/C=S2\NS(=O)(=O)c3cc([N+](=O)[O-])ccc32)c1. The van der Waals surface area contributed by atoms with Crippen LogP contribution in [0, 0.1) is 10.1 Å². The molecule has 9 nitrogen and oxygen atoms in total. The molecule has 11 heteroatoms. The average molecular weight is 412 g/mol. The number of nitro benzene ring substituents is 1. The Morgan fingerprint density at radius 3 is 2.33 bits per heavy atom. The first-order chi connectivity index (χ1) is 12.8. The molecule has 1 unspecified atom stereocenters. The Labute approximate surface area is 158 Å². The molecule has 27 heavy (non-hydrogen) atoms. The minimum absolute atomic E-state index is 0.0840. The maximum atomic E-state index is 12.2. The van der Waals surface area contributed by atoms with Crippen molar-refractivity contribution in [2.75, 3.05) is 20.8 Å². The predicted molar refractivity (Wildman–Crippen MR) is 100 cm³/mol. The molecular formula is C16H16N2O7S2. The largest absolute Gasteiger partial charge is 0.496 e. The van der Waals surface area contributed by atoms with Crippen LogP contribution in [0.5, 0.6) is 17.2 Å².